The lowest BCUT2D eigenvalue weighted by atomic mass is 10.2. The number of hydrogen-bond acceptors (Lipinski definition) is 9. The lowest BCUT2D eigenvalue weighted by Crippen LogP contribution is -2.52. The Bertz CT molecular complexity index is 2720. The fourth-order valence-corrected chi connectivity index (χ4v) is 13.3. The van der Waals surface area contributed by atoms with Crippen LogP contribution in [0.5, 0.6) is 5.75 Å². The molecule has 0 amide bonds. The number of aryl methyl sites for hydroxylation is 4. The van der Waals surface area contributed by atoms with Crippen LogP contribution in [0.2, 0.25) is 0 Å². The summed E-state index contributed by atoms with van der Waals surface area (Å²) in [6, 6.07) is 32.9. The molecule has 5 aromatic rings. The highest BCUT2D eigenvalue weighted by Crippen LogP contribution is 2.27. The predicted octanol–water partition coefficient (Wildman–Crippen LogP) is 6.23. The summed E-state index contributed by atoms with van der Waals surface area (Å²) in [5.41, 5.74) is 3.37. The van der Waals surface area contributed by atoms with Crippen molar-refractivity contribution in [1.82, 2.24) is 17.2 Å². The molecule has 0 radical (unpaired) electrons. The van der Waals surface area contributed by atoms with Crippen molar-refractivity contribution < 1.29 is 38.4 Å². The normalized spacial score (nSPS) is 17.9. The van der Waals surface area contributed by atoms with Crippen LogP contribution in [0, 0.1) is 27.7 Å². The Kier molecular flexibility index (Phi) is 15.1. The van der Waals surface area contributed by atoms with Gasteiger partial charge in [-0.1, -0.05) is 89.0 Å². The van der Waals surface area contributed by atoms with Gasteiger partial charge in [0.25, 0.3) is 0 Å². The summed E-state index contributed by atoms with van der Waals surface area (Å²) < 4.78 is 128. The zero-order valence-corrected chi connectivity index (χ0v) is 38.6. The van der Waals surface area contributed by atoms with Gasteiger partial charge < -0.3 is 4.74 Å². The van der Waals surface area contributed by atoms with E-state index in [1.165, 1.54) is 65.8 Å². The maximum atomic E-state index is 14.9. The van der Waals surface area contributed by atoms with Crippen LogP contribution >= 0.6 is 0 Å². The molecule has 1 aliphatic rings. The lowest BCUT2D eigenvalue weighted by Gasteiger charge is -2.36. The van der Waals surface area contributed by atoms with E-state index in [9.17, 15) is 33.7 Å². The third-order valence-electron chi connectivity index (χ3n) is 10.8. The molecule has 0 aliphatic carbocycles. The minimum absolute atomic E-state index is 0.00684. The molecule has 0 saturated carbocycles. The second kappa shape index (κ2) is 19.9. The van der Waals surface area contributed by atoms with Gasteiger partial charge in [0.1, 0.15) is 12.4 Å². The molecule has 1 unspecified atom stereocenters. The van der Waals surface area contributed by atoms with Crippen molar-refractivity contribution in [3.05, 3.63) is 150 Å². The molecular weight excluding hydrogens is 869 g/mol. The minimum Gasteiger partial charge on any atom is -0.492 e. The number of ether oxygens (including phenoxy) is 1. The topological polar surface area (TPSA) is 159 Å². The van der Waals surface area contributed by atoms with Crippen LogP contribution < -0.4 is 4.74 Å². The van der Waals surface area contributed by atoms with E-state index in [0.29, 0.717) is 5.75 Å². The Morgan fingerprint density at radius 1 is 0.419 bits per heavy atom. The maximum Gasteiger partial charge on any atom is 0.243 e. The van der Waals surface area contributed by atoms with Gasteiger partial charge in [-0.3, -0.25) is 0 Å². The quantitative estimate of drug-likeness (QED) is 0.150. The number of sulfonamides is 4. The van der Waals surface area contributed by atoms with Crippen molar-refractivity contribution in [2.45, 2.75) is 66.2 Å². The zero-order chi connectivity index (χ0) is 44.7. The van der Waals surface area contributed by atoms with Crippen molar-refractivity contribution in [2.24, 2.45) is 0 Å². The molecule has 1 heterocycles. The highest BCUT2D eigenvalue weighted by molar-refractivity contribution is 7.90. The van der Waals surface area contributed by atoms with Crippen molar-refractivity contribution in [3.63, 3.8) is 0 Å². The summed E-state index contributed by atoms with van der Waals surface area (Å²) in [7, 11) is -17.1. The fourth-order valence-electron chi connectivity index (χ4n) is 7.16. The van der Waals surface area contributed by atoms with E-state index in [4.69, 9.17) is 4.74 Å². The predicted molar refractivity (Wildman–Crippen MR) is 240 cm³/mol. The Labute approximate surface area is 367 Å². The molecular formula is C45H54N4O9S4. The molecule has 62 heavy (non-hydrogen) atoms. The molecule has 17 heteroatoms. The van der Waals surface area contributed by atoms with Gasteiger partial charge in [0, 0.05) is 45.8 Å². The van der Waals surface area contributed by atoms with Crippen LogP contribution in [0.4, 0.5) is 0 Å². The van der Waals surface area contributed by atoms with Crippen LogP contribution in [0.15, 0.2) is 147 Å². The van der Waals surface area contributed by atoms with E-state index in [-0.39, 0.29) is 84.8 Å². The smallest absolute Gasteiger partial charge is 0.243 e. The summed E-state index contributed by atoms with van der Waals surface area (Å²) in [6.45, 7) is 5.36. The average molecular weight is 923 g/mol. The fraction of sp³-hybridized carbons (Fsp3) is 0.333. The van der Waals surface area contributed by atoms with Crippen molar-refractivity contribution in [1.29, 1.82) is 0 Å². The summed E-state index contributed by atoms with van der Waals surface area (Å²) in [4.78, 5) is -0.0207. The molecule has 1 aliphatic heterocycles. The zero-order valence-electron chi connectivity index (χ0n) is 35.4. The Balaban J connectivity index is 1.48. The van der Waals surface area contributed by atoms with E-state index in [1.807, 2.05) is 27.7 Å². The molecule has 1 saturated heterocycles. The first kappa shape index (κ1) is 47.0. The molecule has 5 aromatic carbocycles. The van der Waals surface area contributed by atoms with Crippen LogP contribution in [-0.4, -0.2) is 109 Å². The van der Waals surface area contributed by atoms with Crippen molar-refractivity contribution in [2.75, 3.05) is 52.4 Å². The second-order valence-electron chi connectivity index (χ2n) is 15.5. The standard InChI is InChI=1S/C45H54N4O9S4/c1-36-12-20-42(21-13-36)59(50,51)46-28-8-30-48(61(54,55)44-24-16-38(3)17-25-44)34-40(35-58-41-10-6-5-7-11-41)49(62(56,57)45-26-18-39(4)19-27-45)31-9-29-47(33-32-46)60(52,53)43-22-14-37(2)15-23-43/h5-7,10-27,40H,8-9,28-35H2,1-4H3. The first-order valence-corrected chi connectivity index (χ1v) is 26.1. The van der Waals surface area contributed by atoms with Gasteiger partial charge >= 0.3 is 0 Å². The Morgan fingerprint density at radius 3 is 1.16 bits per heavy atom. The van der Waals surface area contributed by atoms with Crippen LogP contribution in [0.1, 0.15) is 35.1 Å². The highest BCUT2D eigenvalue weighted by Gasteiger charge is 2.38. The minimum atomic E-state index is -4.37. The van der Waals surface area contributed by atoms with E-state index >= 15 is 0 Å². The maximum absolute atomic E-state index is 14.9. The van der Waals surface area contributed by atoms with E-state index in [2.05, 4.69) is 0 Å². The molecule has 0 aromatic heterocycles. The van der Waals surface area contributed by atoms with Crippen LogP contribution in [-0.2, 0) is 40.1 Å². The van der Waals surface area contributed by atoms with E-state index in [0.717, 1.165) is 22.3 Å². The number of hydrogen-bond donors (Lipinski definition) is 0. The van der Waals surface area contributed by atoms with E-state index in [1.54, 1.807) is 78.9 Å². The summed E-state index contributed by atoms with van der Waals surface area (Å²) in [6.07, 6.45) is -0.0503. The van der Waals surface area contributed by atoms with Gasteiger partial charge in [-0.2, -0.15) is 17.2 Å². The monoisotopic (exact) mass is 922 g/mol. The molecule has 1 fully saturated rings. The molecule has 13 nitrogen and oxygen atoms in total. The van der Waals surface area contributed by atoms with Crippen molar-refractivity contribution in [3.8, 4) is 5.75 Å². The summed E-state index contributed by atoms with van der Waals surface area (Å²) >= 11 is 0. The third-order valence-corrected chi connectivity index (χ3v) is 18.5. The van der Waals surface area contributed by atoms with Gasteiger partial charge in [-0.05, 0) is 101 Å². The molecule has 0 bridgehead atoms. The molecule has 332 valence electrons. The molecule has 0 spiro atoms. The van der Waals surface area contributed by atoms with Gasteiger partial charge in [0.15, 0.2) is 0 Å². The van der Waals surface area contributed by atoms with Gasteiger partial charge in [-0.25, -0.2) is 33.7 Å². The number of para-hydroxylation sites is 1. The highest BCUT2D eigenvalue weighted by atomic mass is 32.2. The summed E-state index contributed by atoms with van der Waals surface area (Å²) in [5.74, 6) is 0.430. The lowest BCUT2D eigenvalue weighted by molar-refractivity contribution is 0.173. The average Bonchev–Trinajstić information content (AvgIpc) is 3.24. The second-order valence-corrected chi connectivity index (χ2v) is 23.2. The Morgan fingerprint density at radius 2 is 0.758 bits per heavy atom. The van der Waals surface area contributed by atoms with Crippen molar-refractivity contribution >= 4 is 40.1 Å². The van der Waals surface area contributed by atoms with E-state index < -0.39 is 46.1 Å². The van der Waals surface area contributed by atoms with Gasteiger partial charge in [0.2, 0.25) is 40.1 Å². The van der Waals surface area contributed by atoms with Crippen LogP contribution in [0.3, 0.4) is 0 Å². The number of rotatable bonds is 11. The molecule has 0 N–H and O–H groups in total. The van der Waals surface area contributed by atoms with Crippen LogP contribution in [0.25, 0.3) is 0 Å². The third kappa shape index (κ3) is 11.2. The molecule has 1 atom stereocenters. The number of nitrogens with zero attached hydrogens (tertiary/aromatic N) is 4. The van der Waals surface area contributed by atoms with Gasteiger partial charge in [0.05, 0.1) is 25.6 Å². The Hall–Kier alpha value is -4.46. The SMILES string of the molecule is Cc1ccc(S(=O)(=O)N2CCCN(S(=O)(=O)c3ccc(C)cc3)CC(COc3ccccc3)N(S(=O)(=O)c3ccc(C)cc3)CCCN(S(=O)(=O)c3ccc(C)cc3)CC2)cc1. The largest absolute Gasteiger partial charge is 0.492 e. The molecule has 6 rings (SSSR count). The number of benzene rings is 5. The van der Waals surface area contributed by atoms with Gasteiger partial charge in [-0.15, -0.1) is 0 Å². The summed E-state index contributed by atoms with van der Waals surface area (Å²) in [5, 5.41) is 0. The first-order valence-electron chi connectivity index (χ1n) is 20.4. The first-order chi connectivity index (χ1) is 29.4.